The Morgan fingerprint density at radius 2 is 2.33 bits per heavy atom. The molecule has 0 bridgehead atoms. The lowest BCUT2D eigenvalue weighted by molar-refractivity contribution is -0.145. The van der Waals surface area contributed by atoms with Gasteiger partial charge in [0.05, 0.1) is 25.2 Å². The van der Waals surface area contributed by atoms with Crippen LogP contribution >= 0.6 is 0 Å². The largest absolute Gasteiger partial charge is 0.466 e. The number of aliphatic hydroxyl groups excluding tert-OH is 1. The Balaban J connectivity index is 2.44. The van der Waals surface area contributed by atoms with Crippen LogP contribution in [0.25, 0.3) is 0 Å². The predicted octanol–water partition coefficient (Wildman–Crippen LogP) is -0.489. The molecule has 0 aromatic heterocycles. The van der Waals surface area contributed by atoms with E-state index in [-0.39, 0.29) is 18.4 Å². The van der Waals surface area contributed by atoms with E-state index in [4.69, 9.17) is 4.74 Å². The summed E-state index contributed by atoms with van der Waals surface area (Å²) in [5.41, 5.74) is 0. The third-order valence-electron chi connectivity index (χ3n) is 2.98. The summed E-state index contributed by atoms with van der Waals surface area (Å²) in [6.45, 7) is 5.58. The average molecular weight is 258 g/mol. The lowest BCUT2D eigenvalue weighted by Gasteiger charge is -2.35. The van der Waals surface area contributed by atoms with Crippen LogP contribution in [0.2, 0.25) is 0 Å². The van der Waals surface area contributed by atoms with Crippen molar-refractivity contribution in [3.8, 4) is 0 Å². The molecule has 1 rings (SSSR count). The van der Waals surface area contributed by atoms with Gasteiger partial charge in [-0.05, 0) is 13.3 Å². The molecule has 104 valence electrons. The summed E-state index contributed by atoms with van der Waals surface area (Å²) in [6, 6.07) is -0.212. The van der Waals surface area contributed by atoms with Gasteiger partial charge in [-0.2, -0.15) is 0 Å². The molecule has 1 saturated heterocycles. The van der Waals surface area contributed by atoms with Gasteiger partial charge in [0.25, 0.3) is 0 Å². The monoisotopic (exact) mass is 258 g/mol. The first-order valence-corrected chi connectivity index (χ1v) is 6.43. The summed E-state index contributed by atoms with van der Waals surface area (Å²) in [6.07, 6.45) is -0.121. The number of piperazine rings is 1. The van der Waals surface area contributed by atoms with Crippen molar-refractivity contribution in [3.63, 3.8) is 0 Å². The second-order valence-corrected chi connectivity index (χ2v) is 4.37. The molecule has 2 atom stereocenters. The number of carbonyl (C=O) groups is 2. The van der Waals surface area contributed by atoms with Crippen molar-refractivity contribution in [2.24, 2.45) is 0 Å². The van der Waals surface area contributed by atoms with E-state index < -0.39 is 12.1 Å². The van der Waals surface area contributed by atoms with Gasteiger partial charge in [-0.1, -0.05) is 6.92 Å². The minimum atomic E-state index is -0.788. The zero-order valence-corrected chi connectivity index (χ0v) is 11.0. The molecule has 0 aromatic carbocycles. The van der Waals surface area contributed by atoms with Crippen molar-refractivity contribution in [1.29, 1.82) is 0 Å². The second kappa shape index (κ2) is 7.33. The molecule has 18 heavy (non-hydrogen) atoms. The average Bonchev–Trinajstić information content (AvgIpc) is 2.29. The first-order valence-electron chi connectivity index (χ1n) is 6.43. The first-order chi connectivity index (χ1) is 8.58. The molecule has 1 aliphatic rings. The van der Waals surface area contributed by atoms with Crippen LogP contribution in [0.1, 0.15) is 26.7 Å². The molecule has 1 heterocycles. The summed E-state index contributed by atoms with van der Waals surface area (Å²) in [7, 11) is 0. The van der Waals surface area contributed by atoms with Gasteiger partial charge in [0, 0.05) is 19.6 Å². The molecule has 1 aliphatic heterocycles. The number of hydrogen-bond acceptors (Lipinski definition) is 5. The molecule has 6 nitrogen and oxygen atoms in total. The van der Waals surface area contributed by atoms with Crippen LogP contribution in [0.4, 0.5) is 0 Å². The molecule has 0 saturated carbocycles. The van der Waals surface area contributed by atoms with E-state index in [0.717, 1.165) is 0 Å². The number of nitrogens with one attached hydrogen (secondary N) is 1. The van der Waals surface area contributed by atoms with Gasteiger partial charge < -0.3 is 15.2 Å². The van der Waals surface area contributed by atoms with Gasteiger partial charge in [-0.3, -0.25) is 14.5 Å². The van der Waals surface area contributed by atoms with Crippen LogP contribution in [-0.2, 0) is 14.3 Å². The molecule has 0 radical (unpaired) electrons. The number of nitrogens with zero attached hydrogens (tertiary/aromatic N) is 1. The minimum absolute atomic E-state index is 0.00733. The van der Waals surface area contributed by atoms with Crippen LogP contribution < -0.4 is 5.32 Å². The van der Waals surface area contributed by atoms with Crippen LogP contribution in [-0.4, -0.2) is 60.3 Å². The Morgan fingerprint density at radius 1 is 1.61 bits per heavy atom. The van der Waals surface area contributed by atoms with Crippen LogP contribution in [0, 0.1) is 0 Å². The zero-order chi connectivity index (χ0) is 13.5. The zero-order valence-electron chi connectivity index (χ0n) is 11.0. The maximum Gasteiger partial charge on any atom is 0.308 e. The van der Waals surface area contributed by atoms with Crippen molar-refractivity contribution in [3.05, 3.63) is 0 Å². The fraction of sp³-hybridized carbons (Fsp3) is 0.833. The minimum Gasteiger partial charge on any atom is -0.466 e. The number of amides is 1. The van der Waals surface area contributed by atoms with E-state index in [1.54, 1.807) is 6.92 Å². The second-order valence-electron chi connectivity index (χ2n) is 4.37. The molecule has 0 spiro atoms. The Morgan fingerprint density at radius 3 is 2.94 bits per heavy atom. The topological polar surface area (TPSA) is 78.9 Å². The molecule has 2 unspecified atom stereocenters. The van der Waals surface area contributed by atoms with Crippen LogP contribution in [0.5, 0.6) is 0 Å². The molecule has 1 fully saturated rings. The molecular weight excluding hydrogens is 236 g/mol. The summed E-state index contributed by atoms with van der Waals surface area (Å²) in [5, 5.41) is 12.6. The Bertz CT molecular complexity index is 296. The lowest BCUT2D eigenvalue weighted by Crippen LogP contribution is -2.56. The molecule has 0 aromatic rings. The van der Waals surface area contributed by atoms with Crippen molar-refractivity contribution in [2.45, 2.75) is 38.8 Å². The summed E-state index contributed by atoms with van der Waals surface area (Å²) in [4.78, 5) is 24.8. The molecule has 6 heteroatoms. The van der Waals surface area contributed by atoms with Gasteiger partial charge in [0.2, 0.25) is 5.91 Å². The highest BCUT2D eigenvalue weighted by Gasteiger charge is 2.29. The van der Waals surface area contributed by atoms with Gasteiger partial charge in [0.1, 0.15) is 0 Å². The highest BCUT2D eigenvalue weighted by Crippen LogP contribution is 2.10. The number of aliphatic hydroxyl groups is 1. The van der Waals surface area contributed by atoms with Crippen molar-refractivity contribution in [2.75, 3.05) is 26.2 Å². The normalized spacial score (nSPS) is 22.4. The van der Waals surface area contributed by atoms with Crippen molar-refractivity contribution >= 4 is 11.9 Å². The fourth-order valence-corrected chi connectivity index (χ4v) is 2.17. The quantitative estimate of drug-likeness (QED) is 0.629. The molecule has 0 aliphatic carbocycles. The number of ether oxygens (including phenoxy) is 1. The van der Waals surface area contributed by atoms with E-state index >= 15 is 0 Å². The maximum absolute atomic E-state index is 11.6. The van der Waals surface area contributed by atoms with Crippen LogP contribution in [0.3, 0.4) is 0 Å². The Kier molecular flexibility index (Phi) is 6.07. The molecule has 2 N–H and O–H groups in total. The maximum atomic E-state index is 11.6. The Hall–Kier alpha value is -1.14. The summed E-state index contributed by atoms with van der Waals surface area (Å²) < 4.78 is 4.78. The van der Waals surface area contributed by atoms with Crippen molar-refractivity contribution in [1.82, 2.24) is 10.2 Å². The predicted molar refractivity (Wildman–Crippen MR) is 65.9 cm³/mol. The lowest BCUT2D eigenvalue weighted by atomic mass is 10.1. The van der Waals surface area contributed by atoms with E-state index in [1.807, 2.05) is 11.8 Å². The van der Waals surface area contributed by atoms with Gasteiger partial charge in [-0.15, -0.1) is 0 Å². The molecule has 1 amide bonds. The third-order valence-corrected chi connectivity index (χ3v) is 2.98. The highest BCUT2D eigenvalue weighted by molar-refractivity contribution is 5.82. The highest BCUT2D eigenvalue weighted by atomic mass is 16.5. The Labute approximate surface area is 107 Å². The fourth-order valence-electron chi connectivity index (χ4n) is 2.17. The standard InChI is InChI=1S/C12H22N2O4/c1-3-10-12(17)13-5-6-14(10)8-9(15)7-11(16)18-4-2/h9-10,15H,3-8H2,1-2H3,(H,13,17). The van der Waals surface area contributed by atoms with E-state index in [1.165, 1.54) is 0 Å². The number of carbonyl (C=O) groups excluding carboxylic acids is 2. The third kappa shape index (κ3) is 4.27. The van der Waals surface area contributed by atoms with Crippen molar-refractivity contribution < 1.29 is 19.4 Å². The molecular formula is C12H22N2O4. The SMILES string of the molecule is CCOC(=O)CC(O)CN1CCNC(=O)C1CC. The van der Waals surface area contributed by atoms with Gasteiger partial charge in [-0.25, -0.2) is 0 Å². The van der Waals surface area contributed by atoms with Crippen LogP contribution in [0.15, 0.2) is 0 Å². The first kappa shape index (κ1) is 14.9. The van der Waals surface area contributed by atoms with Gasteiger partial charge in [0.15, 0.2) is 0 Å². The van der Waals surface area contributed by atoms with E-state index in [2.05, 4.69) is 5.32 Å². The number of hydrogen-bond donors (Lipinski definition) is 2. The van der Waals surface area contributed by atoms with E-state index in [9.17, 15) is 14.7 Å². The van der Waals surface area contributed by atoms with Gasteiger partial charge >= 0.3 is 5.97 Å². The number of rotatable bonds is 6. The smallest absolute Gasteiger partial charge is 0.308 e. The summed E-state index contributed by atoms with van der Waals surface area (Å²) in [5.74, 6) is -0.411. The number of β-amino-alcohol motifs (C(OH)–C–C–N with tert-alkyl or cyclic N) is 1. The number of esters is 1. The summed E-state index contributed by atoms with van der Waals surface area (Å²) >= 11 is 0. The van der Waals surface area contributed by atoms with E-state index in [0.29, 0.717) is 32.7 Å².